The molecule has 1 aliphatic rings. The average molecular weight is 268 g/mol. The van der Waals surface area contributed by atoms with Crippen LogP contribution in [0.3, 0.4) is 0 Å². The summed E-state index contributed by atoms with van der Waals surface area (Å²) < 4.78 is 22.1. The van der Waals surface area contributed by atoms with Gasteiger partial charge in [-0.2, -0.15) is 0 Å². The predicted molar refractivity (Wildman–Crippen MR) is 67.5 cm³/mol. The summed E-state index contributed by atoms with van der Waals surface area (Å²) in [5.74, 6) is 0.417. The van der Waals surface area contributed by atoms with Crippen LogP contribution in [0.25, 0.3) is 0 Å². The molecule has 0 radical (unpaired) electrons. The van der Waals surface area contributed by atoms with E-state index >= 15 is 0 Å². The van der Waals surface area contributed by atoms with Gasteiger partial charge in [0.05, 0.1) is 4.90 Å². The Morgan fingerprint density at radius 2 is 1.89 bits per heavy atom. The van der Waals surface area contributed by atoms with E-state index in [0.717, 1.165) is 0 Å². The van der Waals surface area contributed by atoms with E-state index in [9.17, 15) is 13.2 Å². The van der Waals surface area contributed by atoms with Crippen molar-refractivity contribution in [3.05, 3.63) is 29.8 Å². The zero-order valence-corrected chi connectivity index (χ0v) is 10.7. The molecule has 1 fully saturated rings. The van der Waals surface area contributed by atoms with Crippen molar-refractivity contribution in [1.82, 2.24) is 5.32 Å². The quantitative estimate of drug-likeness (QED) is 0.849. The molecule has 1 amide bonds. The van der Waals surface area contributed by atoms with Crippen molar-refractivity contribution in [2.45, 2.75) is 24.2 Å². The number of benzene rings is 1. The molecule has 0 aromatic heterocycles. The predicted octanol–water partition coefficient (Wildman–Crippen LogP) is 0.864. The van der Waals surface area contributed by atoms with Gasteiger partial charge in [-0.15, -0.1) is 0 Å². The summed E-state index contributed by atoms with van der Waals surface area (Å²) in [6, 6.07) is 5.62. The van der Waals surface area contributed by atoms with Gasteiger partial charge >= 0.3 is 0 Å². The Bertz CT molecular complexity index is 533. The van der Waals surface area contributed by atoms with E-state index in [2.05, 4.69) is 5.32 Å². The summed E-state index contributed by atoms with van der Waals surface area (Å²) in [4.78, 5) is 11.8. The highest BCUT2D eigenvalue weighted by atomic mass is 32.2. The van der Waals surface area contributed by atoms with Gasteiger partial charge in [0.2, 0.25) is 10.0 Å². The van der Waals surface area contributed by atoms with Gasteiger partial charge in [0.25, 0.3) is 5.91 Å². The highest BCUT2D eigenvalue weighted by Gasteiger charge is 2.18. The number of sulfonamides is 1. The second-order valence-corrected chi connectivity index (χ2v) is 6.14. The maximum atomic E-state index is 11.8. The van der Waals surface area contributed by atoms with E-state index in [1.54, 1.807) is 0 Å². The molecule has 1 aromatic rings. The third-order valence-corrected chi connectivity index (χ3v) is 4.15. The van der Waals surface area contributed by atoms with Gasteiger partial charge in [-0.3, -0.25) is 4.79 Å². The lowest BCUT2D eigenvalue weighted by molar-refractivity contribution is 0.0939. The Labute approximate surface area is 106 Å². The monoisotopic (exact) mass is 268 g/mol. The lowest BCUT2D eigenvalue weighted by Crippen LogP contribution is -2.32. The van der Waals surface area contributed by atoms with Crippen molar-refractivity contribution in [2.24, 2.45) is 11.1 Å². The fourth-order valence-corrected chi connectivity index (χ4v) is 2.35. The molecule has 1 aliphatic carbocycles. The van der Waals surface area contributed by atoms with Gasteiger partial charge in [-0.25, -0.2) is 13.6 Å². The summed E-state index contributed by atoms with van der Waals surface area (Å²) in [5, 5.41) is 7.82. The Morgan fingerprint density at radius 3 is 2.33 bits per heavy atom. The Kier molecular flexibility index (Phi) is 3.68. The number of nitrogens with two attached hydrogens (primary N) is 1. The maximum absolute atomic E-state index is 11.8. The molecule has 98 valence electrons. The number of carbonyl (C=O) groups excluding carboxylic acids is 1. The summed E-state index contributed by atoms with van der Waals surface area (Å²) in [5.41, 5.74) is 0.446. The molecule has 0 atom stereocenters. The number of hydrogen-bond donors (Lipinski definition) is 2. The van der Waals surface area contributed by atoms with Gasteiger partial charge in [0, 0.05) is 12.1 Å². The normalized spacial score (nSPS) is 16.1. The standard InChI is InChI=1S/C12H16N2O3S/c13-18(16,17)11-6-4-10(5-7-11)12(15)14-8-9-2-1-3-9/h4-7,9H,1-3,8H2,(H,14,15)(H2,13,16,17). The van der Waals surface area contributed by atoms with Crippen LogP contribution in [0.15, 0.2) is 29.2 Å². The first-order valence-corrected chi connectivity index (χ1v) is 7.42. The van der Waals surface area contributed by atoms with Crippen LogP contribution in [0.4, 0.5) is 0 Å². The van der Waals surface area contributed by atoms with Gasteiger partial charge in [0.1, 0.15) is 0 Å². The highest BCUT2D eigenvalue weighted by molar-refractivity contribution is 7.89. The van der Waals surface area contributed by atoms with Gasteiger partial charge in [-0.05, 0) is 43.0 Å². The molecule has 2 rings (SSSR count). The van der Waals surface area contributed by atoms with E-state index in [4.69, 9.17) is 5.14 Å². The molecular weight excluding hydrogens is 252 g/mol. The largest absolute Gasteiger partial charge is 0.352 e. The molecule has 0 bridgehead atoms. The van der Waals surface area contributed by atoms with E-state index in [1.807, 2.05) is 0 Å². The second-order valence-electron chi connectivity index (χ2n) is 4.58. The van der Waals surface area contributed by atoms with Gasteiger partial charge in [-0.1, -0.05) is 6.42 Å². The first-order valence-electron chi connectivity index (χ1n) is 5.88. The van der Waals surface area contributed by atoms with Crippen molar-refractivity contribution < 1.29 is 13.2 Å². The molecule has 0 heterocycles. The molecule has 6 heteroatoms. The zero-order valence-electron chi connectivity index (χ0n) is 9.93. The van der Waals surface area contributed by atoms with E-state index in [-0.39, 0.29) is 10.8 Å². The van der Waals surface area contributed by atoms with Crippen molar-refractivity contribution in [2.75, 3.05) is 6.54 Å². The maximum Gasteiger partial charge on any atom is 0.251 e. The van der Waals surface area contributed by atoms with E-state index in [1.165, 1.54) is 43.5 Å². The number of hydrogen-bond acceptors (Lipinski definition) is 3. The van der Waals surface area contributed by atoms with Crippen LogP contribution in [-0.4, -0.2) is 20.9 Å². The number of rotatable bonds is 4. The van der Waals surface area contributed by atoms with Crippen LogP contribution < -0.4 is 10.5 Å². The Hall–Kier alpha value is -1.40. The molecular formula is C12H16N2O3S. The first kappa shape index (κ1) is 13.0. The van der Waals surface area contributed by atoms with Gasteiger partial charge < -0.3 is 5.32 Å². The van der Waals surface area contributed by atoms with Crippen LogP contribution in [0.2, 0.25) is 0 Å². The zero-order chi connectivity index (χ0) is 13.2. The van der Waals surface area contributed by atoms with Crippen LogP contribution in [0.1, 0.15) is 29.6 Å². The molecule has 0 spiro atoms. The molecule has 0 unspecified atom stereocenters. The number of nitrogens with one attached hydrogen (secondary N) is 1. The fourth-order valence-electron chi connectivity index (χ4n) is 1.83. The Balaban J connectivity index is 1.98. The minimum absolute atomic E-state index is 0.0121. The summed E-state index contributed by atoms with van der Waals surface area (Å²) in [6.07, 6.45) is 3.58. The molecule has 0 saturated heterocycles. The third-order valence-electron chi connectivity index (χ3n) is 3.22. The van der Waals surface area contributed by atoms with E-state index < -0.39 is 10.0 Å². The number of primary sulfonamides is 1. The molecule has 1 aromatic carbocycles. The number of amides is 1. The molecule has 1 saturated carbocycles. The lowest BCUT2D eigenvalue weighted by Gasteiger charge is -2.25. The topological polar surface area (TPSA) is 89.3 Å². The SMILES string of the molecule is NS(=O)(=O)c1ccc(C(=O)NCC2CCC2)cc1. The molecule has 18 heavy (non-hydrogen) atoms. The molecule has 5 nitrogen and oxygen atoms in total. The summed E-state index contributed by atoms with van der Waals surface area (Å²) >= 11 is 0. The lowest BCUT2D eigenvalue weighted by atomic mass is 9.85. The van der Waals surface area contributed by atoms with Crippen molar-refractivity contribution in [3.63, 3.8) is 0 Å². The summed E-state index contributed by atoms with van der Waals surface area (Å²) in [6.45, 7) is 0.690. The highest BCUT2D eigenvalue weighted by Crippen LogP contribution is 2.25. The first-order chi connectivity index (χ1) is 8.47. The van der Waals surface area contributed by atoms with Crippen LogP contribution in [0.5, 0.6) is 0 Å². The average Bonchev–Trinajstić information content (AvgIpc) is 2.26. The fraction of sp³-hybridized carbons (Fsp3) is 0.417. The van der Waals surface area contributed by atoms with Gasteiger partial charge in [0.15, 0.2) is 0 Å². The van der Waals surface area contributed by atoms with Crippen molar-refractivity contribution >= 4 is 15.9 Å². The third kappa shape index (κ3) is 3.08. The van der Waals surface area contributed by atoms with Crippen molar-refractivity contribution in [1.29, 1.82) is 0 Å². The minimum atomic E-state index is -3.70. The minimum Gasteiger partial charge on any atom is -0.352 e. The molecule has 0 aliphatic heterocycles. The van der Waals surface area contributed by atoms with Crippen LogP contribution >= 0.6 is 0 Å². The second kappa shape index (κ2) is 5.07. The van der Waals surface area contributed by atoms with E-state index in [0.29, 0.717) is 18.0 Å². The summed E-state index contributed by atoms with van der Waals surface area (Å²) in [7, 11) is -3.70. The number of carbonyl (C=O) groups is 1. The van der Waals surface area contributed by atoms with Crippen molar-refractivity contribution in [3.8, 4) is 0 Å². The van der Waals surface area contributed by atoms with Crippen LogP contribution in [-0.2, 0) is 10.0 Å². The smallest absolute Gasteiger partial charge is 0.251 e. The van der Waals surface area contributed by atoms with Crippen LogP contribution in [0, 0.1) is 5.92 Å². The molecule has 3 N–H and O–H groups in total. The Morgan fingerprint density at radius 1 is 1.28 bits per heavy atom.